The molecule has 0 aromatic rings. The van der Waals surface area contributed by atoms with Crippen molar-refractivity contribution in [3.63, 3.8) is 0 Å². The molecule has 4 aliphatic carbocycles. The van der Waals surface area contributed by atoms with Crippen molar-refractivity contribution < 1.29 is 5.48 Å². The average Bonchev–Trinajstić information content (AvgIpc) is 3.01. The van der Waals surface area contributed by atoms with Gasteiger partial charge in [0.15, 0.2) is 0 Å². The number of fused-ring (bicyclic) bond motifs is 2. The first-order chi connectivity index (χ1) is 9.97. The van der Waals surface area contributed by atoms with Crippen LogP contribution in [0.5, 0.6) is 0 Å². The zero-order valence-electron chi connectivity index (χ0n) is 16.4. The minimum atomic E-state index is 0. The second-order valence-electron chi connectivity index (χ2n) is 10.6. The molecular formula is C20H36Al2O. The largest absolute Gasteiger partial charge is 2.00 e. The van der Waals surface area contributed by atoms with Crippen molar-refractivity contribution in [2.24, 2.45) is 34.5 Å². The van der Waals surface area contributed by atoms with Crippen LogP contribution >= 0.6 is 0 Å². The summed E-state index contributed by atoms with van der Waals surface area (Å²) >= 11 is 4.56. The standard InChI is InChI=1S/2C10H17.2Al.O.2H/c2*1-7-4-5-8-9(6-7)10(8,2)3;;;;;/h2*7-8H,4-6H2,1-3H3;;;;;/q;;2*+1;-2;;. The van der Waals surface area contributed by atoms with Crippen LogP contribution in [0.25, 0.3) is 0 Å². The molecule has 0 aromatic carbocycles. The maximum atomic E-state index is 2.46. The number of rotatable bonds is 0. The van der Waals surface area contributed by atoms with Gasteiger partial charge in [-0.25, -0.2) is 0 Å². The van der Waals surface area contributed by atoms with Crippen LogP contribution in [0.4, 0.5) is 0 Å². The first-order valence-corrected chi connectivity index (χ1v) is 11.1. The van der Waals surface area contributed by atoms with Gasteiger partial charge in [0, 0.05) is 0 Å². The Balaban J connectivity index is 0.000000160. The van der Waals surface area contributed by atoms with Gasteiger partial charge in [0.1, 0.15) is 0 Å². The molecule has 4 fully saturated rings. The third-order valence-electron chi connectivity index (χ3n) is 8.80. The van der Waals surface area contributed by atoms with E-state index in [-0.39, 0.29) is 5.48 Å². The van der Waals surface area contributed by atoms with Crippen molar-refractivity contribution in [2.45, 2.75) is 88.6 Å². The van der Waals surface area contributed by atoms with E-state index in [0.29, 0.717) is 10.8 Å². The monoisotopic (exact) mass is 346 g/mol. The van der Waals surface area contributed by atoms with Gasteiger partial charge in [0.2, 0.25) is 0 Å². The maximum absolute atomic E-state index is 2.46. The zero-order chi connectivity index (χ0) is 16.6. The fourth-order valence-electron chi connectivity index (χ4n) is 6.56. The second-order valence-corrected chi connectivity index (χ2v) is 13.2. The van der Waals surface area contributed by atoms with E-state index in [2.05, 4.69) is 74.1 Å². The molecule has 0 aromatic heterocycles. The second kappa shape index (κ2) is 6.03. The van der Waals surface area contributed by atoms with Crippen LogP contribution < -0.4 is 0 Å². The van der Waals surface area contributed by atoms with Gasteiger partial charge in [0.05, 0.1) is 0 Å². The summed E-state index contributed by atoms with van der Waals surface area (Å²) in [5.74, 6) is 4.10. The Kier molecular flexibility index (Phi) is 5.34. The summed E-state index contributed by atoms with van der Waals surface area (Å²) in [6.07, 6.45) is 8.93. The van der Waals surface area contributed by atoms with Crippen molar-refractivity contribution in [1.29, 1.82) is 0 Å². The van der Waals surface area contributed by atoms with Crippen LogP contribution in [0.15, 0.2) is 0 Å². The summed E-state index contributed by atoms with van der Waals surface area (Å²) < 4.78 is 1.48. The predicted octanol–water partition coefficient (Wildman–Crippen LogP) is 4.93. The molecule has 23 heavy (non-hydrogen) atoms. The van der Waals surface area contributed by atoms with E-state index in [4.69, 9.17) is 0 Å². The molecule has 3 heteroatoms. The van der Waals surface area contributed by atoms with Gasteiger partial charge >= 0.3 is 156 Å². The third kappa shape index (κ3) is 2.92. The molecule has 0 aliphatic heterocycles. The molecule has 0 bridgehead atoms. The third-order valence-corrected chi connectivity index (χ3v) is 12.2. The van der Waals surface area contributed by atoms with Gasteiger partial charge in [-0.3, -0.25) is 0 Å². The predicted molar refractivity (Wildman–Crippen MR) is 101 cm³/mol. The van der Waals surface area contributed by atoms with Crippen molar-refractivity contribution in [3.05, 3.63) is 0 Å². The van der Waals surface area contributed by atoms with Crippen LogP contribution in [-0.4, -0.2) is 32.6 Å². The molecule has 0 saturated heterocycles. The fraction of sp³-hybridized carbons (Fsp3) is 1.00. The van der Waals surface area contributed by atoms with Gasteiger partial charge < -0.3 is 5.48 Å². The van der Waals surface area contributed by atoms with E-state index >= 15 is 0 Å². The molecule has 4 saturated carbocycles. The number of hydrogen-bond acceptors (Lipinski definition) is 0. The van der Waals surface area contributed by atoms with E-state index in [1.54, 1.807) is 0 Å². The molecule has 6 atom stereocenters. The maximum Gasteiger partial charge on any atom is -2.00 e. The van der Waals surface area contributed by atoms with Gasteiger partial charge in [-0.05, 0) is 0 Å². The normalized spacial score (nSPS) is 51.0. The van der Waals surface area contributed by atoms with E-state index in [1.807, 2.05) is 0 Å². The van der Waals surface area contributed by atoms with E-state index in [1.165, 1.54) is 38.5 Å². The SMILES string of the molecule is CC1CCC2C(C)(C)[C]2([AlH+])C1.CC1CCC2C(C)(C)[C]2([AlH+])C1.[O-2]. The summed E-state index contributed by atoms with van der Waals surface area (Å²) in [6, 6.07) is 0. The van der Waals surface area contributed by atoms with E-state index in [0.717, 1.165) is 32.2 Å². The van der Waals surface area contributed by atoms with Crippen LogP contribution in [0.1, 0.15) is 80.1 Å². The van der Waals surface area contributed by atoms with Gasteiger partial charge in [0.25, 0.3) is 0 Å². The van der Waals surface area contributed by atoms with Crippen molar-refractivity contribution in [2.75, 3.05) is 0 Å². The van der Waals surface area contributed by atoms with Crippen LogP contribution in [0, 0.1) is 34.5 Å². The number of hydrogen-bond donors (Lipinski definition) is 0. The topological polar surface area (TPSA) is 28.5 Å². The molecule has 0 amide bonds. The molecule has 0 heterocycles. The van der Waals surface area contributed by atoms with Gasteiger partial charge in [-0.1, -0.05) is 0 Å². The molecule has 6 unspecified atom stereocenters. The van der Waals surface area contributed by atoms with Gasteiger partial charge in [-0.2, -0.15) is 0 Å². The summed E-state index contributed by atoms with van der Waals surface area (Å²) in [6.45, 7) is 14.7. The first kappa shape index (κ1) is 20.3. The molecular weight excluding hydrogens is 310 g/mol. The Labute approximate surface area is 160 Å². The fourth-order valence-corrected chi connectivity index (χ4v) is 9.26. The van der Waals surface area contributed by atoms with Crippen LogP contribution in [-0.2, 0) is 5.48 Å². The summed E-state index contributed by atoms with van der Waals surface area (Å²) in [4.78, 5) is 0. The zero-order valence-corrected chi connectivity index (χ0v) is 19.2. The molecule has 0 spiro atoms. The van der Waals surface area contributed by atoms with Crippen molar-refractivity contribution in [1.82, 2.24) is 0 Å². The Morgan fingerprint density at radius 3 is 1.17 bits per heavy atom. The van der Waals surface area contributed by atoms with Crippen molar-refractivity contribution >= 4 is 32.6 Å². The Morgan fingerprint density at radius 1 is 0.652 bits per heavy atom. The molecule has 4 aliphatic rings. The Bertz CT molecular complexity index is 419. The average molecular weight is 346 g/mol. The Morgan fingerprint density at radius 2 is 0.957 bits per heavy atom. The smallest absolute Gasteiger partial charge is 2.00 e. The molecule has 4 rings (SSSR count). The quantitative estimate of drug-likeness (QED) is 0.557. The minimum Gasteiger partial charge on any atom is -2.00 e. The summed E-state index contributed by atoms with van der Waals surface area (Å²) in [7, 11) is 0. The Hall–Kier alpha value is 1.02. The molecule has 0 N–H and O–H groups in total. The first-order valence-electron chi connectivity index (χ1n) is 9.67. The van der Waals surface area contributed by atoms with Gasteiger partial charge in [-0.15, -0.1) is 0 Å². The molecule has 0 radical (unpaired) electrons. The summed E-state index contributed by atoms with van der Waals surface area (Å²) in [5, 5.41) is 0. The van der Waals surface area contributed by atoms with Crippen molar-refractivity contribution in [3.8, 4) is 0 Å². The van der Waals surface area contributed by atoms with E-state index < -0.39 is 0 Å². The molecule has 128 valence electrons. The molecule has 1 nitrogen and oxygen atoms in total. The van der Waals surface area contributed by atoms with Crippen LogP contribution in [0.2, 0.25) is 8.55 Å². The van der Waals surface area contributed by atoms with Crippen LogP contribution in [0.3, 0.4) is 0 Å². The minimum absolute atomic E-state index is 0. The summed E-state index contributed by atoms with van der Waals surface area (Å²) in [5.41, 5.74) is 1.35. The van der Waals surface area contributed by atoms with E-state index in [9.17, 15) is 0 Å².